The fourth-order valence-corrected chi connectivity index (χ4v) is 3.93. The van der Waals surface area contributed by atoms with Crippen molar-refractivity contribution >= 4 is 27.8 Å². The van der Waals surface area contributed by atoms with Crippen LogP contribution in [0.2, 0.25) is 0 Å². The lowest BCUT2D eigenvalue weighted by Gasteiger charge is -2.16. The SMILES string of the molecule is COc1c(C=O)c(OC)c2ccccc2c1OC.COc1cc(OC)c2ccccc2c1OC. The molecule has 0 aliphatic heterocycles. The van der Waals surface area contributed by atoms with Crippen LogP contribution in [0.1, 0.15) is 10.4 Å². The molecular formula is C27H28O7. The Balaban J connectivity index is 0.000000192. The van der Waals surface area contributed by atoms with Gasteiger partial charge in [-0.25, -0.2) is 0 Å². The van der Waals surface area contributed by atoms with Crippen molar-refractivity contribution in [3.8, 4) is 34.5 Å². The molecule has 4 aromatic carbocycles. The second-order valence-corrected chi connectivity index (χ2v) is 7.04. The molecule has 0 fully saturated rings. The van der Waals surface area contributed by atoms with Crippen LogP contribution in [0, 0.1) is 0 Å². The monoisotopic (exact) mass is 464 g/mol. The molecule has 0 spiro atoms. The van der Waals surface area contributed by atoms with Crippen molar-refractivity contribution in [2.75, 3.05) is 42.7 Å². The summed E-state index contributed by atoms with van der Waals surface area (Å²) in [6.07, 6.45) is 0.715. The number of hydrogen-bond acceptors (Lipinski definition) is 7. The van der Waals surface area contributed by atoms with Crippen LogP contribution < -0.4 is 28.4 Å². The third-order valence-corrected chi connectivity index (χ3v) is 5.41. The molecule has 0 heterocycles. The molecule has 0 amide bonds. The zero-order valence-corrected chi connectivity index (χ0v) is 20.1. The highest BCUT2D eigenvalue weighted by atomic mass is 16.5. The molecule has 4 rings (SSSR count). The van der Waals surface area contributed by atoms with Crippen LogP contribution in [-0.4, -0.2) is 48.9 Å². The number of aldehydes is 1. The Kier molecular flexibility index (Phi) is 8.03. The van der Waals surface area contributed by atoms with Crippen LogP contribution in [0.3, 0.4) is 0 Å². The van der Waals surface area contributed by atoms with E-state index in [-0.39, 0.29) is 0 Å². The molecule has 34 heavy (non-hydrogen) atoms. The fraction of sp³-hybridized carbons (Fsp3) is 0.222. The third-order valence-electron chi connectivity index (χ3n) is 5.41. The Bertz CT molecular complexity index is 1300. The largest absolute Gasteiger partial charge is 0.496 e. The zero-order valence-electron chi connectivity index (χ0n) is 20.1. The fourth-order valence-electron chi connectivity index (χ4n) is 3.93. The summed E-state index contributed by atoms with van der Waals surface area (Å²) in [6.45, 7) is 0. The summed E-state index contributed by atoms with van der Waals surface area (Å²) < 4.78 is 31.9. The first-order valence-corrected chi connectivity index (χ1v) is 10.4. The standard InChI is InChI=1S/C14H14O4.C13H14O3/c1-16-12-9-6-4-5-7-10(9)13(17-2)14(18-3)11(12)8-15;1-14-11-8-12(15-2)13(16-3)10-7-5-4-6-9(10)11/h4-8H,1-3H3;4-8H,1-3H3. The predicted molar refractivity (Wildman–Crippen MR) is 133 cm³/mol. The third kappa shape index (κ3) is 4.37. The van der Waals surface area contributed by atoms with Gasteiger partial charge in [0.15, 0.2) is 29.3 Å². The molecule has 4 aromatic rings. The molecule has 0 atom stereocenters. The van der Waals surface area contributed by atoms with Crippen LogP contribution in [0.5, 0.6) is 34.5 Å². The summed E-state index contributed by atoms with van der Waals surface area (Å²) in [5.74, 6) is 3.63. The van der Waals surface area contributed by atoms with Gasteiger partial charge in [0.05, 0.1) is 42.7 Å². The first-order valence-electron chi connectivity index (χ1n) is 10.4. The normalized spacial score (nSPS) is 10.2. The first-order chi connectivity index (χ1) is 16.6. The van der Waals surface area contributed by atoms with Gasteiger partial charge in [-0.05, 0) is 0 Å². The molecule has 7 heteroatoms. The number of carbonyl (C=O) groups is 1. The van der Waals surface area contributed by atoms with Gasteiger partial charge in [-0.2, -0.15) is 0 Å². The van der Waals surface area contributed by atoms with Gasteiger partial charge in [0.2, 0.25) is 0 Å². The molecule has 0 unspecified atom stereocenters. The van der Waals surface area contributed by atoms with E-state index in [0.717, 1.165) is 33.0 Å². The van der Waals surface area contributed by atoms with Gasteiger partial charge in [-0.15, -0.1) is 0 Å². The van der Waals surface area contributed by atoms with Crippen LogP contribution in [0.4, 0.5) is 0 Å². The summed E-state index contributed by atoms with van der Waals surface area (Å²) in [6, 6.07) is 17.3. The van der Waals surface area contributed by atoms with E-state index in [1.165, 1.54) is 14.2 Å². The number of fused-ring (bicyclic) bond motifs is 2. The Morgan fingerprint density at radius 2 is 0.941 bits per heavy atom. The van der Waals surface area contributed by atoms with Crippen molar-refractivity contribution in [3.05, 3.63) is 60.2 Å². The van der Waals surface area contributed by atoms with E-state index >= 15 is 0 Å². The van der Waals surface area contributed by atoms with Gasteiger partial charge in [0.25, 0.3) is 0 Å². The Labute approximate surface area is 198 Å². The van der Waals surface area contributed by atoms with Crippen LogP contribution in [0.25, 0.3) is 21.5 Å². The second kappa shape index (κ2) is 11.1. The maximum atomic E-state index is 11.3. The molecule has 0 aliphatic carbocycles. The smallest absolute Gasteiger partial charge is 0.175 e. The van der Waals surface area contributed by atoms with E-state index < -0.39 is 0 Å². The Hall–Kier alpha value is -4.13. The topological polar surface area (TPSA) is 72.5 Å². The van der Waals surface area contributed by atoms with Crippen molar-refractivity contribution in [1.29, 1.82) is 0 Å². The van der Waals surface area contributed by atoms with Gasteiger partial charge in [-0.3, -0.25) is 4.79 Å². The molecule has 0 aliphatic rings. The number of rotatable bonds is 7. The highest BCUT2D eigenvalue weighted by Gasteiger charge is 2.21. The lowest BCUT2D eigenvalue weighted by molar-refractivity contribution is 0.111. The summed E-state index contributed by atoms with van der Waals surface area (Å²) in [4.78, 5) is 11.3. The van der Waals surface area contributed by atoms with E-state index in [9.17, 15) is 4.79 Å². The highest BCUT2D eigenvalue weighted by Crippen LogP contribution is 2.44. The Morgan fingerprint density at radius 1 is 0.500 bits per heavy atom. The molecule has 7 nitrogen and oxygen atoms in total. The van der Waals surface area contributed by atoms with Crippen molar-refractivity contribution in [3.63, 3.8) is 0 Å². The second-order valence-electron chi connectivity index (χ2n) is 7.04. The number of carbonyl (C=O) groups excluding carboxylic acids is 1. The van der Waals surface area contributed by atoms with E-state index in [1.807, 2.05) is 54.6 Å². The molecule has 0 N–H and O–H groups in total. The molecular weight excluding hydrogens is 436 g/mol. The lowest BCUT2D eigenvalue weighted by atomic mass is 10.0. The van der Waals surface area contributed by atoms with Crippen molar-refractivity contribution in [1.82, 2.24) is 0 Å². The first kappa shape index (κ1) is 24.5. The minimum absolute atomic E-state index is 0.357. The average molecular weight is 465 g/mol. The number of methoxy groups -OCH3 is 6. The van der Waals surface area contributed by atoms with Crippen LogP contribution in [-0.2, 0) is 0 Å². The summed E-state index contributed by atoms with van der Waals surface area (Å²) in [5, 5.41) is 3.67. The number of benzene rings is 4. The van der Waals surface area contributed by atoms with Crippen molar-refractivity contribution in [2.24, 2.45) is 0 Å². The maximum Gasteiger partial charge on any atom is 0.175 e. The predicted octanol–water partition coefficient (Wildman–Crippen LogP) is 5.54. The van der Waals surface area contributed by atoms with Gasteiger partial charge in [0.1, 0.15) is 17.1 Å². The molecule has 0 aromatic heterocycles. The maximum absolute atomic E-state index is 11.3. The molecule has 178 valence electrons. The van der Waals surface area contributed by atoms with Crippen molar-refractivity contribution in [2.45, 2.75) is 0 Å². The minimum Gasteiger partial charge on any atom is -0.496 e. The number of hydrogen-bond donors (Lipinski definition) is 0. The zero-order chi connectivity index (χ0) is 24.7. The number of ether oxygens (including phenoxy) is 6. The van der Waals surface area contributed by atoms with E-state index in [4.69, 9.17) is 28.4 Å². The Morgan fingerprint density at radius 3 is 1.38 bits per heavy atom. The molecule has 0 bridgehead atoms. The molecule has 0 radical (unpaired) electrons. The van der Waals surface area contributed by atoms with Gasteiger partial charge in [0, 0.05) is 27.6 Å². The van der Waals surface area contributed by atoms with E-state index in [0.29, 0.717) is 34.8 Å². The summed E-state index contributed by atoms with van der Waals surface area (Å²) in [5.41, 5.74) is 0.357. The van der Waals surface area contributed by atoms with Crippen LogP contribution in [0.15, 0.2) is 54.6 Å². The van der Waals surface area contributed by atoms with E-state index in [2.05, 4.69) is 0 Å². The summed E-state index contributed by atoms with van der Waals surface area (Å²) >= 11 is 0. The quantitative estimate of drug-likeness (QED) is 0.332. The van der Waals surface area contributed by atoms with E-state index in [1.54, 1.807) is 28.4 Å². The average Bonchev–Trinajstić information content (AvgIpc) is 2.90. The summed E-state index contributed by atoms with van der Waals surface area (Å²) in [7, 11) is 9.47. The van der Waals surface area contributed by atoms with Gasteiger partial charge >= 0.3 is 0 Å². The lowest BCUT2D eigenvalue weighted by Crippen LogP contribution is -2.00. The minimum atomic E-state index is 0.357. The highest BCUT2D eigenvalue weighted by molar-refractivity contribution is 6.03. The van der Waals surface area contributed by atoms with Gasteiger partial charge in [-0.1, -0.05) is 48.5 Å². The van der Waals surface area contributed by atoms with Gasteiger partial charge < -0.3 is 28.4 Å². The molecule has 0 saturated carbocycles. The van der Waals surface area contributed by atoms with Crippen LogP contribution >= 0.6 is 0 Å². The molecule has 0 saturated heterocycles. The van der Waals surface area contributed by atoms with Crippen molar-refractivity contribution < 1.29 is 33.2 Å².